The molecule has 2 amide bonds. The van der Waals surface area contributed by atoms with Gasteiger partial charge in [0.05, 0.1) is 17.9 Å². The van der Waals surface area contributed by atoms with E-state index >= 15 is 0 Å². The second kappa shape index (κ2) is 7.82. The summed E-state index contributed by atoms with van der Waals surface area (Å²) in [5.74, 6) is -0.272. The molecule has 2 N–H and O–H groups in total. The van der Waals surface area contributed by atoms with Crippen molar-refractivity contribution in [3.63, 3.8) is 0 Å². The van der Waals surface area contributed by atoms with Gasteiger partial charge in [-0.3, -0.25) is 14.6 Å². The third-order valence-corrected chi connectivity index (χ3v) is 3.98. The largest absolute Gasteiger partial charge is 0.441 e. The van der Waals surface area contributed by atoms with Crippen molar-refractivity contribution in [1.29, 1.82) is 0 Å². The van der Waals surface area contributed by atoms with Crippen LogP contribution in [0.2, 0.25) is 0 Å². The molecule has 138 valence electrons. The van der Waals surface area contributed by atoms with Crippen molar-refractivity contribution in [2.24, 2.45) is 0 Å². The first kappa shape index (κ1) is 18.3. The Labute approximate surface area is 156 Å². The number of aromatic nitrogens is 2. The molecule has 0 atom stereocenters. The molecular formula is C20H20N4O3. The van der Waals surface area contributed by atoms with Gasteiger partial charge in [-0.25, -0.2) is 4.98 Å². The minimum absolute atomic E-state index is 0.183. The number of hydrogen-bond donors (Lipinski definition) is 2. The summed E-state index contributed by atoms with van der Waals surface area (Å²) in [7, 11) is 0. The number of hydrogen-bond acceptors (Lipinski definition) is 5. The van der Waals surface area contributed by atoms with Crippen molar-refractivity contribution in [3.8, 4) is 11.5 Å². The summed E-state index contributed by atoms with van der Waals surface area (Å²) in [5, 5.41) is 5.14. The number of carbonyl (C=O) groups excluding carboxylic acids is 2. The lowest BCUT2D eigenvalue weighted by Gasteiger charge is -2.07. The molecule has 0 aliphatic rings. The summed E-state index contributed by atoms with van der Waals surface area (Å²) >= 11 is 0. The predicted octanol–water partition coefficient (Wildman–Crippen LogP) is 2.92. The summed E-state index contributed by atoms with van der Waals surface area (Å²) in [5.41, 5.74) is 3.54. The minimum atomic E-state index is -0.750. The number of oxazole rings is 1. The van der Waals surface area contributed by atoms with Gasteiger partial charge in [-0.05, 0) is 51.1 Å². The molecule has 3 aromatic rings. The highest BCUT2D eigenvalue weighted by molar-refractivity contribution is 6.39. The molecule has 3 rings (SSSR count). The highest BCUT2D eigenvalue weighted by Crippen LogP contribution is 2.24. The second-order valence-corrected chi connectivity index (χ2v) is 6.15. The number of aryl methyl sites for hydroxylation is 3. The number of pyridine rings is 1. The van der Waals surface area contributed by atoms with E-state index in [-0.39, 0.29) is 6.54 Å². The van der Waals surface area contributed by atoms with Crippen LogP contribution in [-0.4, -0.2) is 21.8 Å². The highest BCUT2D eigenvalue weighted by atomic mass is 16.4. The third kappa shape index (κ3) is 4.58. The van der Waals surface area contributed by atoms with Crippen LogP contribution in [0, 0.1) is 20.8 Å². The lowest BCUT2D eigenvalue weighted by molar-refractivity contribution is -0.136. The molecule has 0 spiro atoms. The topological polar surface area (TPSA) is 97.1 Å². The monoisotopic (exact) mass is 364 g/mol. The van der Waals surface area contributed by atoms with Crippen LogP contribution < -0.4 is 10.6 Å². The molecule has 7 nitrogen and oxygen atoms in total. The lowest BCUT2D eigenvalue weighted by Crippen LogP contribution is -2.35. The molecule has 0 saturated heterocycles. The number of nitrogens with one attached hydrogen (secondary N) is 2. The summed E-state index contributed by atoms with van der Waals surface area (Å²) in [4.78, 5) is 32.8. The average molecular weight is 364 g/mol. The fraction of sp³-hybridized carbons (Fsp3) is 0.200. The first-order valence-electron chi connectivity index (χ1n) is 8.48. The maximum absolute atomic E-state index is 12.1. The minimum Gasteiger partial charge on any atom is -0.441 e. The van der Waals surface area contributed by atoms with Crippen LogP contribution in [-0.2, 0) is 16.1 Å². The van der Waals surface area contributed by atoms with Gasteiger partial charge in [-0.15, -0.1) is 0 Å². The van der Waals surface area contributed by atoms with Crippen LogP contribution >= 0.6 is 0 Å². The van der Waals surface area contributed by atoms with Crippen LogP contribution in [0.25, 0.3) is 11.5 Å². The molecule has 1 aromatic carbocycles. The molecule has 2 aromatic heterocycles. The molecule has 0 radical (unpaired) electrons. The molecule has 0 saturated carbocycles. The molecule has 0 aliphatic carbocycles. The average Bonchev–Trinajstić information content (AvgIpc) is 2.99. The van der Waals surface area contributed by atoms with Gasteiger partial charge in [-0.2, -0.15) is 0 Å². The predicted molar refractivity (Wildman–Crippen MR) is 101 cm³/mol. The van der Waals surface area contributed by atoms with Gasteiger partial charge in [0.1, 0.15) is 5.76 Å². The molecule has 27 heavy (non-hydrogen) atoms. The smallest absolute Gasteiger partial charge is 0.313 e. The van der Waals surface area contributed by atoms with Gasteiger partial charge in [0.2, 0.25) is 5.89 Å². The Morgan fingerprint density at radius 2 is 1.78 bits per heavy atom. The summed E-state index contributed by atoms with van der Waals surface area (Å²) in [6, 6.07) is 12.5. The Kier molecular flexibility index (Phi) is 5.30. The highest BCUT2D eigenvalue weighted by Gasteiger charge is 2.15. The maximum atomic E-state index is 12.1. The van der Waals surface area contributed by atoms with Crippen LogP contribution in [0.15, 0.2) is 46.9 Å². The first-order chi connectivity index (χ1) is 12.9. The van der Waals surface area contributed by atoms with Crippen LogP contribution in [0.5, 0.6) is 0 Å². The zero-order valence-corrected chi connectivity index (χ0v) is 15.4. The number of carbonyl (C=O) groups is 2. The van der Waals surface area contributed by atoms with Gasteiger partial charge in [0, 0.05) is 16.9 Å². The SMILES string of the molecule is Cc1cccc(CNC(=O)C(=O)Nc2cccc(-c3nc(C)c(C)o3)c2)n1. The van der Waals surface area contributed by atoms with E-state index in [0.29, 0.717) is 22.8 Å². The van der Waals surface area contributed by atoms with Crippen molar-refractivity contribution in [1.82, 2.24) is 15.3 Å². The second-order valence-electron chi connectivity index (χ2n) is 6.15. The number of nitrogens with zero attached hydrogens (tertiary/aromatic N) is 2. The first-order valence-corrected chi connectivity index (χ1v) is 8.48. The standard InChI is InChI=1S/C20H20N4O3/c1-12-6-4-9-17(22-12)11-21-18(25)19(26)24-16-8-5-7-15(10-16)20-23-13(2)14(3)27-20/h4-10H,11H2,1-3H3,(H,21,25)(H,24,26). The van der Waals surface area contributed by atoms with Crippen molar-refractivity contribution < 1.29 is 14.0 Å². The molecule has 0 aliphatic heterocycles. The van der Waals surface area contributed by atoms with Crippen molar-refractivity contribution in [2.75, 3.05) is 5.32 Å². The molecule has 7 heteroatoms. The van der Waals surface area contributed by atoms with E-state index in [2.05, 4.69) is 20.6 Å². The summed E-state index contributed by atoms with van der Waals surface area (Å²) in [6.45, 7) is 5.75. The number of anilines is 1. The quantitative estimate of drug-likeness (QED) is 0.694. The van der Waals surface area contributed by atoms with E-state index in [9.17, 15) is 9.59 Å². The number of rotatable bonds is 4. The Morgan fingerprint density at radius 3 is 2.48 bits per heavy atom. The molecule has 2 heterocycles. The van der Waals surface area contributed by atoms with Crippen LogP contribution in [0.4, 0.5) is 5.69 Å². The van der Waals surface area contributed by atoms with Crippen LogP contribution in [0.3, 0.4) is 0 Å². The fourth-order valence-corrected chi connectivity index (χ4v) is 2.46. The van der Waals surface area contributed by atoms with Crippen molar-refractivity contribution >= 4 is 17.5 Å². The summed E-state index contributed by atoms with van der Waals surface area (Å²) < 4.78 is 5.59. The third-order valence-electron chi connectivity index (χ3n) is 3.98. The van der Waals surface area contributed by atoms with Crippen molar-refractivity contribution in [2.45, 2.75) is 27.3 Å². The van der Waals surface area contributed by atoms with Gasteiger partial charge < -0.3 is 15.1 Å². The Hall–Kier alpha value is -3.48. The molecule has 0 unspecified atom stereocenters. The zero-order chi connectivity index (χ0) is 19.4. The Morgan fingerprint density at radius 1 is 1.00 bits per heavy atom. The zero-order valence-electron chi connectivity index (χ0n) is 15.4. The number of benzene rings is 1. The van der Waals surface area contributed by atoms with E-state index in [4.69, 9.17) is 4.42 Å². The fourth-order valence-electron chi connectivity index (χ4n) is 2.46. The van der Waals surface area contributed by atoms with E-state index in [1.54, 1.807) is 24.3 Å². The van der Waals surface area contributed by atoms with Crippen LogP contribution in [0.1, 0.15) is 22.8 Å². The normalized spacial score (nSPS) is 10.5. The summed E-state index contributed by atoms with van der Waals surface area (Å²) in [6.07, 6.45) is 0. The lowest BCUT2D eigenvalue weighted by atomic mass is 10.2. The molecule has 0 fully saturated rings. The maximum Gasteiger partial charge on any atom is 0.313 e. The van der Waals surface area contributed by atoms with E-state index in [0.717, 1.165) is 17.1 Å². The van der Waals surface area contributed by atoms with E-state index in [1.807, 2.05) is 39.0 Å². The van der Waals surface area contributed by atoms with E-state index in [1.165, 1.54) is 0 Å². The van der Waals surface area contributed by atoms with Gasteiger partial charge in [-0.1, -0.05) is 12.1 Å². The Balaban J connectivity index is 1.63. The van der Waals surface area contributed by atoms with Gasteiger partial charge >= 0.3 is 11.8 Å². The van der Waals surface area contributed by atoms with Gasteiger partial charge in [0.15, 0.2) is 0 Å². The molecular weight excluding hydrogens is 344 g/mol. The molecule has 0 bridgehead atoms. The van der Waals surface area contributed by atoms with Crippen molar-refractivity contribution in [3.05, 3.63) is 65.3 Å². The van der Waals surface area contributed by atoms with Gasteiger partial charge in [0.25, 0.3) is 0 Å². The van der Waals surface area contributed by atoms with E-state index < -0.39 is 11.8 Å². The number of amides is 2. The Bertz CT molecular complexity index is 975.